The van der Waals surface area contributed by atoms with Crippen LogP contribution in [0, 0.1) is 0 Å². The summed E-state index contributed by atoms with van der Waals surface area (Å²) in [6.07, 6.45) is 5.80. The minimum Gasteiger partial charge on any atom is -0.449 e. The smallest absolute Gasteiger partial charge is 0.410 e. The molecule has 138 valence electrons. The highest BCUT2D eigenvalue weighted by molar-refractivity contribution is 5.69. The molecule has 0 aliphatic carbocycles. The number of hydrogen-bond donors (Lipinski definition) is 0. The van der Waals surface area contributed by atoms with Gasteiger partial charge < -0.3 is 14.5 Å². The second-order valence-corrected chi connectivity index (χ2v) is 6.57. The number of ether oxygens (including phenoxy) is 1. The van der Waals surface area contributed by atoms with Crippen LogP contribution in [-0.2, 0) is 17.7 Å². The van der Waals surface area contributed by atoms with E-state index < -0.39 is 0 Å². The van der Waals surface area contributed by atoms with Crippen molar-refractivity contribution in [2.24, 2.45) is 0 Å². The number of unbranched alkanes of at least 4 members (excludes halogenated alkanes) is 1. The fourth-order valence-electron chi connectivity index (χ4n) is 2.96. The van der Waals surface area contributed by atoms with Crippen LogP contribution in [0.4, 0.5) is 10.6 Å². The van der Waals surface area contributed by atoms with Crippen LogP contribution in [0.5, 0.6) is 0 Å². The van der Waals surface area contributed by atoms with Gasteiger partial charge in [0.15, 0.2) is 5.82 Å². The molecule has 26 heavy (non-hydrogen) atoms. The summed E-state index contributed by atoms with van der Waals surface area (Å²) in [5.41, 5.74) is 2.90. The molecule has 7 heteroatoms. The number of carbonyl (C=O) groups excluding carboxylic acids is 1. The van der Waals surface area contributed by atoms with Crippen molar-refractivity contribution < 1.29 is 9.53 Å². The molecule has 0 radical (unpaired) electrons. The molecule has 0 atom stereocenters. The molecule has 1 aliphatic rings. The first-order chi connectivity index (χ1) is 12.6. The number of rotatable bonds is 5. The van der Waals surface area contributed by atoms with Gasteiger partial charge in [0.05, 0.1) is 18.8 Å². The molecule has 3 heterocycles. The maximum absolute atomic E-state index is 12.3. The Bertz CT molecular complexity index is 764. The summed E-state index contributed by atoms with van der Waals surface area (Å²) in [5.74, 6) is 1.55. The summed E-state index contributed by atoms with van der Waals surface area (Å²) in [4.78, 5) is 29.6. The van der Waals surface area contributed by atoms with E-state index in [2.05, 4.69) is 11.9 Å². The van der Waals surface area contributed by atoms with Crippen LogP contribution in [0.1, 0.15) is 31.0 Å². The van der Waals surface area contributed by atoms with Gasteiger partial charge in [0.25, 0.3) is 0 Å². The van der Waals surface area contributed by atoms with Crippen LogP contribution in [0.25, 0.3) is 11.4 Å². The Morgan fingerprint density at radius 3 is 2.73 bits per heavy atom. The van der Waals surface area contributed by atoms with Crippen LogP contribution in [-0.4, -0.2) is 53.2 Å². The lowest BCUT2D eigenvalue weighted by Crippen LogP contribution is -2.38. The maximum Gasteiger partial charge on any atom is 0.410 e. The molecule has 1 aliphatic heterocycles. The van der Waals surface area contributed by atoms with E-state index in [1.807, 2.05) is 31.1 Å². The van der Waals surface area contributed by atoms with E-state index in [0.717, 1.165) is 41.9 Å². The standard InChI is InChI=1S/C19H25N5O2/c1-4-5-12-26-19(25)24-11-8-15-16(13-24)21-17(22-18(15)23(2)3)14-6-9-20-10-7-14/h6-7,9-10H,4-5,8,11-13H2,1-3H3. The van der Waals surface area contributed by atoms with Gasteiger partial charge in [-0.05, 0) is 25.0 Å². The monoisotopic (exact) mass is 355 g/mol. The average molecular weight is 355 g/mol. The van der Waals surface area contributed by atoms with Crippen LogP contribution in [0.2, 0.25) is 0 Å². The lowest BCUT2D eigenvalue weighted by molar-refractivity contribution is 0.0960. The lowest BCUT2D eigenvalue weighted by atomic mass is 10.0. The molecule has 0 N–H and O–H groups in total. The van der Waals surface area contributed by atoms with Gasteiger partial charge in [-0.15, -0.1) is 0 Å². The third kappa shape index (κ3) is 3.92. The zero-order valence-corrected chi connectivity index (χ0v) is 15.6. The van der Waals surface area contributed by atoms with E-state index in [0.29, 0.717) is 25.5 Å². The molecule has 7 nitrogen and oxygen atoms in total. The van der Waals surface area contributed by atoms with Gasteiger partial charge in [0, 0.05) is 44.2 Å². The van der Waals surface area contributed by atoms with E-state index in [9.17, 15) is 4.79 Å². The maximum atomic E-state index is 12.3. The molecule has 0 saturated heterocycles. The highest BCUT2D eigenvalue weighted by atomic mass is 16.6. The van der Waals surface area contributed by atoms with Crippen molar-refractivity contribution in [1.29, 1.82) is 0 Å². The van der Waals surface area contributed by atoms with E-state index in [1.54, 1.807) is 17.3 Å². The van der Waals surface area contributed by atoms with Gasteiger partial charge in [0.1, 0.15) is 5.82 Å². The second kappa shape index (κ2) is 8.12. The Balaban J connectivity index is 1.88. The Labute approximate surface area is 154 Å². The predicted molar refractivity (Wildman–Crippen MR) is 100.0 cm³/mol. The summed E-state index contributed by atoms with van der Waals surface area (Å²) in [7, 11) is 3.95. The number of aromatic nitrogens is 3. The van der Waals surface area contributed by atoms with Gasteiger partial charge in [-0.3, -0.25) is 4.98 Å². The highest BCUT2D eigenvalue weighted by Gasteiger charge is 2.27. The summed E-state index contributed by atoms with van der Waals surface area (Å²) in [6.45, 7) is 3.61. The van der Waals surface area contributed by atoms with Crippen molar-refractivity contribution in [3.05, 3.63) is 35.8 Å². The molecule has 2 aromatic rings. The van der Waals surface area contributed by atoms with E-state index in [1.165, 1.54) is 0 Å². The first kappa shape index (κ1) is 18.1. The summed E-state index contributed by atoms with van der Waals surface area (Å²) in [6, 6.07) is 3.78. The van der Waals surface area contributed by atoms with Crippen molar-refractivity contribution in [3.8, 4) is 11.4 Å². The molecule has 0 spiro atoms. The van der Waals surface area contributed by atoms with Crippen molar-refractivity contribution in [2.75, 3.05) is 32.1 Å². The normalized spacial score (nSPS) is 13.3. The van der Waals surface area contributed by atoms with Crippen LogP contribution >= 0.6 is 0 Å². The fraction of sp³-hybridized carbons (Fsp3) is 0.474. The fourth-order valence-corrected chi connectivity index (χ4v) is 2.96. The second-order valence-electron chi connectivity index (χ2n) is 6.57. The Morgan fingerprint density at radius 2 is 2.04 bits per heavy atom. The first-order valence-electron chi connectivity index (χ1n) is 8.99. The molecule has 0 bridgehead atoms. The minimum atomic E-state index is -0.264. The zero-order chi connectivity index (χ0) is 18.5. The topological polar surface area (TPSA) is 71.5 Å². The van der Waals surface area contributed by atoms with Crippen molar-refractivity contribution >= 4 is 11.9 Å². The molecule has 0 unspecified atom stereocenters. The van der Waals surface area contributed by atoms with Gasteiger partial charge in [-0.1, -0.05) is 13.3 Å². The van der Waals surface area contributed by atoms with Gasteiger partial charge >= 0.3 is 6.09 Å². The number of anilines is 1. The number of nitrogens with zero attached hydrogens (tertiary/aromatic N) is 5. The van der Waals surface area contributed by atoms with Gasteiger partial charge in [-0.2, -0.15) is 0 Å². The molecular weight excluding hydrogens is 330 g/mol. The Hall–Kier alpha value is -2.70. The van der Waals surface area contributed by atoms with Crippen molar-refractivity contribution in [2.45, 2.75) is 32.7 Å². The molecule has 1 amide bonds. The van der Waals surface area contributed by atoms with Crippen LogP contribution in [0.15, 0.2) is 24.5 Å². The Morgan fingerprint density at radius 1 is 1.27 bits per heavy atom. The van der Waals surface area contributed by atoms with Gasteiger partial charge in [0.2, 0.25) is 0 Å². The van der Waals surface area contributed by atoms with E-state index >= 15 is 0 Å². The largest absolute Gasteiger partial charge is 0.449 e. The zero-order valence-electron chi connectivity index (χ0n) is 15.6. The number of fused-ring (bicyclic) bond motifs is 1. The third-order valence-electron chi connectivity index (χ3n) is 4.39. The SMILES string of the molecule is CCCCOC(=O)N1CCc2c(nc(-c3ccncc3)nc2N(C)C)C1. The lowest BCUT2D eigenvalue weighted by Gasteiger charge is -2.30. The molecule has 0 fully saturated rings. The third-order valence-corrected chi connectivity index (χ3v) is 4.39. The van der Waals surface area contributed by atoms with E-state index in [4.69, 9.17) is 14.7 Å². The minimum absolute atomic E-state index is 0.264. The summed E-state index contributed by atoms with van der Waals surface area (Å²) < 4.78 is 5.35. The van der Waals surface area contributed by atoms with E-state index in [-0.39, 0.29) is 6.09 Å². The number of hydrogen-bond acceptors (Lipinski definition) is 6. The number of carbonyl (C=O) groups is 1. The average Bonchev–Trinajstić information content (AvgIpc) is 2.67. The molecule has 0 aromatic carbocycles. The molecular formula is C19H25N5O2. The van der Waals surface area contributed by atoms with Crippen molar-refractivity contribution in [1.82, 2.24) is 19.9 Å². The van der Waals surface area contributed by atoms with Crippen LogP contribution in [0.3, 0.4) is 0 Å². The molecule has 0 saturated carbocycles. The predicted octanol–water partition coefficient (Wildman–Crippen LogP) is 2.90. The van der Waals surface area contributed by atoms with Gasteiger partial charge in [-0.25, -0.2) is 14.8 Å². The van der Waals surface area contributed by atoms with Crippen LogP contribution < -0.4 is 4.90 Å². The van der Waals surface area contributed by atoms with Crippen molar-refractivity contribution in [3.63, 3.8) is 0 Å². The highest BCUT2D eigenvalue weighted by Crippen LogP contribution is 2.28. The number of amides is 1. The first-order valence-corrected chi connectivity index (χ1v) is 8.99. The molecule has 3 rings (SSSR count). The summed E-state index contributed by atoms with van der Waals surface area (Å²) in [5, 5.41) is 0. The Kier molecular flexibility index (Phi) is 5.65. The number of pyridine rings is 1. The summed E-state index contributed by atoms with van der Waals surface area (Å²) >= 11 is 0. The quantitative estimate of drug-likeness (QED) is 0.768. The molecule has 2 aromatic heterocycles.